The molecule has 10 atom stereocenters. The first kappa shape index (κ1) is 33.8. The highest BCUT2D eigenvalue weighted by atomic mass is 16.6. The van der Waals surface area contributed by atoms with Gasteiger partial charge < -0.3 is 29.9 Å². The molecule has 248 valence electrons. The number of benzene rings is 1. The summed E-state index contributed by atoms with van der Waals surface area (Å²) in [6.07, 6.45) is 1.67. The lowest BCUT2D eigenvalue weighted by atomic mass is 9.45. The zero-order valence-corrected chi connectivity index (χ0v) is 27.4. The number of carbonyl (C=O) groups is 3. The van der Waals surface area contributed by atoms with E-state index in [1.54, 1.807) is 57.2 Å². The molecule has 0 heterocycles. The highest BCUT2D eigenvalue weighted by molar-refractivity contribution is 5.95. The number of hydrogen-bond acceptors (Lipinski definition) is 9. The van der Waals surface area contributed by atoms with Gasteiger partial charge >= 0.3 is 11.9 Å². The Morgan fingerprint density at radius 1 is 1.02 bits per heavy atom. The molecule has 5 rings (SSSR count). The van der Waals surface area contributed by atoms with E-state index in [4.69, 9.17) is 9.47 Å². The lowest BCUT2D eigenvalue weighted by Crippen LogP contribution is -2.63. The smallest absolute Gasteiger partial charge is 0.338 e. The standard InChI is InChI=1S/C36H50O9/c1-21(37)45-32(2,3)15-14-30(44-31(41)22-10-8-7-9-11-22)35(6,42)29-13-17-36(43)24-18-26(38)25-19-27(39)28(40)20-33(25,4)23(24)12-16-34(29,36)5/h7-11,18,23,25,27-30,39-40,42-43H,12-17,19-20H2,1-6H3/t23-,25+,27+,28+,29-,30-,33+,34+,35+,36+/m0/s1. The van der Waals surface area contributed by atoms with Gasteiger partial charge in [-0.2, -0.15) is 0 Å². The fourth-order valence-electron chi connectivity index (χ4n) is 9.69. The van der Waals surface area contributed by atoms with Gasteiger partial charge in [0.2, 0.25) is 0 Å². The molecule has 1 aromatic carbocycles. The Morgan fingerprint density at radius 2 is 1.69 bits per heavy atom. The molecule has 0 aliphatic heterocycles. The number of aliphatic hydroxyl groups is 4. The molecule has 0 bridgehead atoms. The molecule has 45 heavy (non-hydrogen) atoms. The normalized spacial score (nSPS) is 38.1. The van der Waals surface area contributed by atoms with E-state index in [1.807, 2.05) is 13.8 Å². The van der Waals surface area contributed by atoms with E-state index >= 15 is 0 Å². The van der Waals surface area contributed by atoms with Gasteiger partial charge in [-0.3, -0.25) is 9.59 Å². The summed E-state index contributed by atoms with van der Waals surface area (Å²) < 4.78 is 11.6. The number of aliphatic hydroxyl groups excluding tert-OH is 2. The van der Waals surface area contributed by atoms with Gasteiger partial charge in [-0.05, 0) is 113 Å². The monoisotopic (exact) mass is 626 g/mol. The number of ether oxygens (including phenoxy) is 2. The van der Waals surface area contributed by atoms with Crippen LogP contribution in [0.4, 0.5) is 0 Å². The third-order valence-electron chi connectivity index (χ3n) is 12.2. The van der Waals surface area contributed by atoms with Crippen molar-refractivity contribution < 1.29 is 44.3 Å². The number of fused-ring (bicyclic) bond motifs is 5. The van der Waals surface area contributed by atoms with Crippen LogP contribution in [0.3, 0.4) is 0 Å². The predicted octanol–water partition coefficient (Wildman–Crippen LogP) is 4.29. The Labute approximate surface area is 266 Å². The van der Waals surface area contributed by atoms with Crippen molar-refractivity contribution in [3.8, 4) is 0 Å². The van der Waals surface area contributed by atoms with Crippen LogP contribution in [0.15, 0.2) is 42.0 Å². The van der Waals surface area contributed by atoms with Crippen LogP contribution >= 0.6 is 0 Å². The summed E-state index contributed by atoms with van der Waals surface area (Å²) >= 11 is 0. The van der Waals surface area contributed by atoms with Crippen molar-refractivity contribution in [1.82, 2.24) is 0 Å². The lowest BCUT2D eigenvalue weighted by molar-refractivity contribution is -0.179. The molecule has 0 aromatic heterocycles. The van der Waals surface area contributed by atoms with Gasteiger partial charge in [0, 0.05) is 18.3 Å². The van der Waals surface area contributed by atoms with E-state index in [9.17, 15) is 34.8 Å². The zero-order valence-electron chi connectivity index (χ0n) is 27.4. The van der Waals surface area contributed by atoms with Gasteiger partial charge in [-0.15, -0.1) is 0 Å². The summed E-state index contributed by atoms with van der Waals surface area (Å²) in [5.74, 6) is -2.22. The summed E-state index contributed by atoms with van der Waals surface area (Å²) in [6, 6.07) is 8.57. The first-order chi connectivity index (χ1) is 20.9. The van der Waals surface area contributed by atoms with Crippen molar-refractivity contribution in [2.75, 3.05) is 0 Å². The summed E-state index contributed by atoms with van der Waals surface area (Å²) in [5.41, 5.74) is -4.28. The average Bonchev–Trinajstić information content (AvgIpc) is 3.24. The Kier molecular flexibility index (Phi) is 8.69. The van der Waals surface area contributed by atoms with Crippen LogP contribution in [0.2, 0.25) is 0 Å². The van der Waals surface area contributed by atoms with E-state index in [0.717, 1.165) is 0 Å². The third kappa shape index (κ3) is 5.68. The van der Waals surface area contributed by atoms with Crippen LogP contribution < -0.4 is 0 Å². The third-order valence-corrected chi connectivity index (χ3v) is 12.2. The summed E-state index contributed by atoms with van der Waals surface area (Å²) in [5, 5.41) is 46.1. The molecule has 0 spiro atoms. The molecule has 0 unspecified atom stereocenters. The van der Waals surface area contributed by atoms with Gasteiger partial charge in [0.15, 0.2) is 5.78 Å². The number of hydrogen-bond donors (Lipinski definition) is 4. The van der Waals surface area contributed by atoms with E-state index in [2.05, 4.69) is 0 Å². The summed E-state index contributed by atoms with van der Waals surface area (Å²) in [7, 11) is 0. The topological polar surface area (TPSA) is 151 Å². The van der Waals surface area contributed by atoms with Crippen molar-refractivity contribution >= 4 is 17.7 Å². The molecule has 0 radical (unpaired) electrons. The van der Waals surface area contributed by atoms with Crippen LogP contribution in [-0.4, -0.2) is 73.3 Å². The zero-order chi connectivity index (χ0) is 33.2. The average molecular weight is 627 g/mol. The number of allylic oxidation sites excluding steroid dienone is 1. The van der Waals surface area contributed by atoms with Gasteiger partial charge in [0.25, 0.3) is 0 Å². The van der Waals surface area contributed by atoms with Gasteiger partial charge in [0.1, 0.15) is 17.3 Å². The SMILES string of the molecule is CC(=O)OC(C)(C)CC[C@H](OC(=O)c1ccccc1)[C@](C)(O)[C@H]1CC[C@@]2(O)C3=CC(=O)[C@H]4C[C@@H](O)[C@H](O)C[C@]4(C)[C@H]3CC[C@]12C. The van der Waals surface area contributed by atoms with E-state index in [-0.39, 0.29) is 31.0 Å². The molecule has 4 aliphatic rings. The Bertz CT molecular complexity index is 1350. The van der Waals surface area contributed by atoms with Crippen molar-refractivity contribution in [2.24, 2.45) is 28.6 Å². The van der Waals surface area contributed by atoms with Crippen molar-refractivity contribution in [1.29, 1.82) is 0 Å². The number of esters is 2. The van der Waals surface area contributed by atoms with Crippen molar-refractivity contribution in [3.63, 3.8) is 0 Å². The predicted molar refractivity (Wildman–Crippen MR) is 166 cm³/mol. The maximum absolute atomic E-state index is 13.6. The van der Waals surface area contributed by atoms with Crippen LogP contribution in [0.1, 0.15) is 103 Å². The minimum atomic E-state index is -1.58. The van der Waals surface area contributed by atoms with Crippen LogP contribution in [0.25, 0.3) is 0 Å². The highest BCUT2D eigenvalue weighted by Crippen LogP contribution is 2.68. The Hall–Kier alpha value is -2.59. The highest BCUT2D eigenvalue weighted by Gasteiger charge is 2.69. The molecular weight excluding hydrogens is 576 g/mol. The molecule has 4 N–H and O–H groups in total. The van der Waals surface area contributed by atoms with E-state index in [1.165, 1.54) is 6.92 Å². The fourth-order valence-corrected chi connectivity index (χ4v) is 9.69. The molecule has 3 saturated carbocycles. The molecule has 4 aliphatic carbocycles. The number of ketones is 1. The molecule has 9 heteroatoms. The first-order valence-electron chi connectivity index (χ1n) is 16.4. The van der Waals surface area contributed by atoms with E-state index < -0.39 is 69.7 Å². The molecule has 9 nitrogen and oxygen atoms in total. The Morgan fingerprint density at radius 3 is 2.33 bits per heavy atom. The summed E-state index contributed by atoms with van der Waals surface area (Å²) in [6.45, 7) is 10.5. The number of carbonyl (C=O) groups excluding carboxylic acids is 3. The largest absolute Gasteiger partial charge is 0.460 e. The lowest BCUT2D eigenvalue weighted by Gasteiger charge is -2.60. The quantitative estimate of drug-likeness (QED) is 0.310. The molecular formula is C36H50O9. The van der Waals surface area contributed by atoms with Crippen LogP contribution in [0, 0.1) is 28.6 Å². The molecule has 0 amide bonds. The van der Waals surface area contributed by atoms with Gasteiger partial charge in [-0.1, -0.05) is 32.0 Å². The second-order valence-electron chi connectivity index (χ2n) is 15.5. The second-order valence-corrected chi connectivity index (χ2v) is 15.5. The summed E-state index contributed by atoms with van der Waals surface area (Å²) in [4.78, 5) is 38.6. The van der Waals surface area contributed by atoms with Gasteiger partial charge in [0.05, 0.1) is 23.4 Å². The minimum Gasteiger partial charge on any atom is -0.460 e. The van der Waals surface area contributed by atoms with E-state index in [0.29, 0.717) is 43.2 Å². The fraction of sp³-hybridized carbons (Fsp3) is 0.694. The van der Waals surface area contributed by atoms with Crippen molar-refractivity contribution in [3.05, 3.63) is 47.5 Å². The Balaban J connectivity index is 1.47. The second kappa shape index (κ2) is 11.6. The molecule has 3 fully saturated rings. The maximum Gasteiger partial charge on any atom is 0.338 e. The number of rotatable bonds is 8. The van der Waals surface area contributed by atoms with Crippen molar-refractivity contribution in [2.45, 2.75) is 128 Å². The maximum atomic E-state index is 13.6. The first-order valence-corrected chi connectivity index (χ1v) is 16.4. The van der Waals surface area contributed by atoms with Crippen LogP contribution in [-0.2, 0) is 19.1 Å². The molecule has 1 aromatic rings. The van der Waals surface area contributed by atoms with Crippen LogP contribution in [0.5, 0.6) is 0 Å². The van der Waals surface area contributed by atoms with Gasteiger partial charge in [-0.25, -0.2) is 4.79 Å². The minimum absolute atomic E-state index is 0.134. The molecule has 0 saturated heterocycles.